The van der Waals surface area contributed by atoms with Crippen molar-refractivity contribution in [3.8, 4) is 0 Å². The van der Waals surface area contributed by atoms with Crippen LogP contribution in [0.3, 0.4) is 0 Å². The molecule has 1 rings (SSSR count). The Morgan fingerprint density at radius 2 is 2.10 bits per heavy atom. The van der Waals surface area contributed by atoms with Crippen LogP contribution < -0.4 is 21.1 Å². The molecule has 0 aliphatic heterocycles. The third-order valence-electron chi connectivity index (χ3n) is 2.22. The Morgan fingerprint density at radius 1 is 1.38 bits per heavy atom. The van der Waals surface area contributed by atoms with Crippen LogP contribution in [-0.4, -0.2) is 58.9 Å². The molecule has 1 aromatic heterocycles. The number of aromatic nitrogens is 1. The Morgan fingerprint density at radius 3 is 2.71 bits per heavy atom. The van der Waals surface area contributed by atoms with Gasteiger partial charge in [0, 0.05) is 26.7 Å². The van der Waals surface area contributed by atoms with Crippen LogP contribution in [0.5, 0.6) is 0 Å². The van der Waals surface area contributed by atoms with Gasteiger partial charge in [-0.1, -0.05) is 11.3 Å². The van der Waals surface area contributed by atoms with Gasteiger partial charge in [0.05, 0.1) is 12.9 Å². The molecule has 0 aliphatic rings. The monoisotopic (exact) mass is 337 g/mol. The number of carbonyl (C=O) groups is 1. The minimum atomic E-state index is -3.26. The molecule has 1 aromatic rings. The quantitative estimate of drug-likeness (QED) is 0.427. The lowest BCUT2D eigenvalue weighted by Gasteiger charge is -2.04. The van der Waals surface area contributed by atoms with Crippen molar-refractivity contribution < 1.29 is 17.9 Å². The van der Waals surface area contributed by atoms with Crippen molar-refractivity contribution in [3.63, 3.8) is 0 Å². The van der Waals surface area contributed by atoms with Crippen LogP contribution in [0.4, 0.5) is 10.9 Å². The van der Waals surface area contributed by atoms with E-state index in [2.05, 4.69) is 20.3 Å². The summed E-state index contributed by atoms with van der Waals surface area (Å²) in [4.78, 5) is 16.2. The number of rotatable bonds is 9. The Labute approximate surface area is 127 Å². The van der Waals surface area contributed by atoms with Crippen molar-refractivity contribution >= 4 is 38.2 Å². The van der Waals surface area contributed by atoms with Gasteiger partial charge in [0.1, 0.15) is 10.7 Å². The molecule has 0 saturated heterocycles. The predicted molar refractivity (Wildman–Crippen MR) is 82.1 cm³/mol. The largest absolute Gasteiger partial charge is 0.383 e. The van der Waals surface area contributed by atoms with E-state index in [1.807, 2.05) is 0 Å². The number of thiazole rings is 1. The normalized spacial score (nSPS) is 11.3. The fourth-order valence-electron chi connectivity index (χ4n) is 1.32. The molecular weight excluding hydrogens is 318 g/mol. The molecule has 120 valence electrons. The first-order valence-corrected chi connectivity index (χ1v) is 8.76. The number of hydrogen-bond acceptors (Lipinski definition) is 8. The number of anilines is 2. The van der Waals surface area contributed by atoms with Crippen LogP contribution in [0.1, 0.15) is 9.67 Å². The summed E-state index contributed by atoms with van der Waals surface area (Å²) in [6.07, 6.45) is 1.05. The van der Waals surface area contributed by atoms with E-state index in [-0.39, 0.29) is 29.7 Å². The molecule has 0 fully saturated rings. The van der Waals surface area contributed by atoms with E-state index >= 15 is 0 Å². The molecule has 1 amide bonds. The topological polar surface area (TPSA) is 135 Å². The number of carbonyl (C=O) groups excluding carboxylic acids is 1. The SMILES string of the molecule is COCCNc1nc(N)c(C(=O)NCCNS(C)(=O)=O)s1. The van der Waals surface area contributed by atoms with E-state index in [1.165, 1.54) is 0 Å². The fraction of sp³-hybridized carbons (Fsp3) is 0.600. The smallest absolute Gasteiger partial charge is 0.265 e. The highest BCUT2D eigenvalue weighted by atomic mass is 32.2. The molecule has 0 atom stereocenters. The molecule has 9 nitrogen and oxygen atoms in total. The standard InChI is InChI=1S/C10H19N5O4S2/c1-19-6-5-13-10-15-8(11)7(20-10)9(16)12-3-4-14-21(2,17)18/h14H,3-6,11H2,1-2H3,(H,12,16)(H,13,15). The van der Waals surface area contributed by atoms with Gasteiger partial charge in [-0.25, -0.2) is 18.1 Å². The number of nitrogens with two attached hydrogens (primary N) is 1. The van der Waals surface area contributed by atoms with Crippen LogP contribution in [0.2, 0.25) is 0 Å². The van der Waals surface area contributed by atoms with Gasteiger partial charge in [0.15, 0.2) is 5.13 Å². The third-order valence-corrected chi connectivity index (χ3v) is 3.97. The second-order valence-electron chi connectivity index (χ2n) is 4.08. The van der Waals surface area contributed by atoms with Gasteiger partial charge in [-0.05, 0) is 0 Å². The van der Waals surface area contributed by atoms with Crippen LogP contribution in [-0.2, 0) is 14.8 Å². The Hall–Kier alpha value is -1.43. The summed E-state index contributed by atoms with van der Waals surface area (Å²) in [6, 6.07) is 0. The average molecular weight is 337 g/mol. The number of nitrogen functional groups attached to an aromatic ring is 1. The van der Waals surface area contributed by atoms with E-state index in [1.54, 1.807) is 7.11 Å². The van der Waals surface area contributed by atoms with Crippen LogP contribution >= 0.6 is 11.3 Å². The van der Waals surface area contributed by atoms with Crippen molar-refractivity contribution in [1.29, 1.82) is 0 Å². The number of nitrogens with one attached hydrogen (secondary N) is 3. The summed E-state index contributed by atoms with van der Waals surface area (Å²) in [6.45, 7) is 1.35. The molecule has 5 N–H and O–H groups in total. The number of ether oxygens (including phenoxy) is 1. The predicted octanol–water partition coefficient (Wildman–Crippen LogP) is -0.937. The average Bonchev–Trinajstić information content (AvgIpc) is 2.75. The fourth-order valence-corrected chi connectivity index (χ4v) is 2.62. The van der Waals surface area contributed by atoms with E-state index in [0.29, 0.717) is 18.3 Å². The van der Waals surface area contributed by atoms with Crippen molar-refractivity contribution in [2.75, 3.05) is 50.7 Å². The first-order valence-electron chi connectivity index (χ1n) is 6.05. The van der Waals surface area contributed by atoms with E-state index in [4.69, 9.17) is 10.5 Å². The summed E-state index contributed by atoms with van der Waals surface area (Å²) in [7, 11) is -1.68. The van der Waals surface area contributed by atoms with E-state index in [9.17, 15) is 13.2 Å². The van der Waals surface area contributed by atoms with Crippen LogP contribution in [0.15, 0.2) is 0 Å². The number of sulfonamides is 1. The van der Waals surface area contributed by atoms with Crippen molar-refractivity contribution in [3.05, 3.63) is 4.88 Å². The number of hydrogen-bond donors (Lipinski definition) is 4. The Bertz CT molecular complexity index is 572. The molecule has 0 saturated carbocycles. The summed E-state index contributed by atoms with van der Waals surface area (Å²) >= 11 is 1.13. The molecular formula is C10H19N5O4S2. The van der Waals surface area contributed by atoms with Gasteiger partial charge >= 0.3 is 0 Å². The van der Waals surface area contributed by atoms with Gasteiger partial charge in [-0.2, -0.15) is 0 Å². The highest BCUT2D eigenvalue weighted by molar-refractivity contribution is 7.88. The molecule has 0 aromatic carbocycles. The Kier molecular flexibility index (Phi) is 6.81. The highest BCUT2D eigenvalue weighted by Gasteiger charge is 2.15. The maximum Gasteiger partial charge on any atom is 0.265 e. The van der Waals surface area contributed by atoms with Crippen LogP contribution in [0.25, 0.3) is 0 Å². The molecule has 11 heteroatoms. The summed E-state index contributed by atoms with van der Waals surface area (Å²) in [5.41, 5.74) is 5.68. The number of amides is 1. The summed E-state index contributed by atoms with van der Waals surface area (Å²) in [5, 5.41) is 6.08. The van der Waals surface area contributed by atoms with E-state index in [0.717, 1.165) is 17.6 Å². The first kappa shape index (κ1) is 17.6. The summed E-state index contributed by atoms with van der Waals surface area (Å²) < 4.78 is 28.9. The molecule has 0 spiro atoms. The van der Waals surface area contributed by atoms with Crippen molar-refractivity contribution in [2.45, 2.75) is 0 Å². The first-order chi connectivity index (χ1) is 9.83. The highest BCUT2D eigenvalue weighted by Crippen LogP contribution is 2.24. The van der Waals surface area contributed by atoms with Gasteiger partial charge in [-0.3, -0.25) is 4.79 Å². The van der Waals surface area contributed by atoms with Crippen molar-refractivity contribution in [1.82, 2.24) is 15.0 Å². The molecule has 21 heavy (non-hydrogen) atoms. The molecule has 1 heterocycles. The number of methoxy groups -OCH3 is 1. The maximum absolute atomic E-state index is 11.9. The molecule has 0 bridgehead atoms. The minimum absolute atomic E-state index is 0.113. The zero-order chi connectivity index (χ0) is 15.9. The second-order valence-corrected chi connectivity index (χ2v) is 6.91. The lowest BCUT2D eigenvalue weighted by Crippen LogP contribution is -2.34. The zero-order valence-corrected chi connectivity index (χ0v) is 13.4. The van der Waals surface area contributed by atoms with Crippen LogP contribution in [0, 0.1) is 0 Å². The molecule has 0 unspecified atom stereocenters. The van der Waals surface area contributed by atoms with E-state index < -0.39 is 10.0 Å². The number of nitrogens with zero attached hydrogens (tertiary/aromatic N) is 1. The molecule has 0 aliphatic carbocycles. The Balaban J connectivity index is 2.46. The minimum Gasteiger partial charge on any atom is -0.383 e. The third kappa shape index (κ3) is 6.71. The summed E-state index contributed by atoms with van der Waals surface area (Å²) in [5.74, 6) is -0.256. The van der Waals surface area contributed by atoms with Gasteiger partial charge < -0.3 is 21.1 Å². The molecule has 0 radical (unpaired) electrons. The lowest BCUT2D eigenvalue weighted by molar-refractivity contribution is 0.0959. The maximum atomic E-state index is 11.9. The van der Waals surface area contributed by atoms with Gasteiger partial charge in [0.25, 0.3) is 5.91 Å². The lowest BCUT2D eigenvalue weighted by atomic mass is 10.4. The van der Waals surface area contributed by atoms with Gasteiger partial charge in [-0.15, -0.1) is 0 Å². The second kappa shape index (κ2) is 8.12. The zero-order valence-electron chi connectivity index (χ0n) is 11.8. The van der Waals surface area contributed by atoms with Crippen molar-refractivity contribution in [2.24, 2.45) is 0 Å². The van der Waals surface area contributed by atoms with Gasteiger partial charge in [0.2, 0.25) is 10.0 Å².